The van der Waals surface area contributed by atoms with Crippen molar-refractivity contribution in [1.82, 2.24) is 4.98 Å². The predicted molar refractivity (Wildman–Crippen MR) is 61.5 cm³/mol. The van der Waals surface area contributed by atoms with Crippen LogP contribution in [0.25, 0.3) is 11.3 Å². The maximum Gasteiger partial charge on any atom is 0.294 e. The Hall–Kier alpha value is -1.19. The molecule has 5 heteroatoms. The summed E-state index contributed by atoms with van der Waals surface area (Å²) in [7, 11) is 1.74. The molecular formula is C10H8Cl2N2O. The highest BCUT2D eigenvalue weighted by atomic mass is 35.5. The topological polar surface area (TPSA) is 38.1 Å². The van der Waals surface area contributed by atoms with Crippen LogP contribution in [0, 0.1) is 0 Å². The fourth-order valence-corrected chi connectivity index (χ4v) is 1.47. The molecule has 0 saturated heterocycles. The minimum atomic E-state index is 0.469. The van der Waals surface area contributed by atoms with E-state index in [0.29, 0.717) is 21.8 Å². The molecule has 1 N–H and O–H groups in total. The lowest BCUT2D eigenvalue weighted by Gasteiger charge is -1.98. The van der Waals surface area contributed by atoms with Gasteiger partial charge in [-0.05, 0) is 18.2 Å². The number of oxazole rings is 1. The van der Waals surface area contributed by atoms with E-state index in [1.165, 1.54) is 0 Å². The van der Waals surface area contributed by atoms with E-state index < -0.39 is 0 Å². The van der Waals surface area contributed by atoms with Gasteiger partial charge in [0.25, 0.3) is 6.01 Å². The van der Waals surface area contributed by atoms with Crippen molar-refractivity contribution in [3.8, 4) is 11.3 Å². The molecule has 15 heavy (non-hydrogen) atoms. The summed E-state index contributed by atoms with van der Waals surface area (Å²) < 4.78 is 5.39. The number of aromatic nitrogens is 1. The molecule has 1 aromatic carbocycles. The van der Waals surface area contributed by atoms with E-state index in [2.05, 4.69) is 10.3 Å². The second-order valence-corrected chi connectivity index (χ2v) is 3.72. The molecule has 0 bridgehead atoms. The maximum absolute atomic E-state index is 5.89. The van der Waals surface area contributed by atoms with Gasteiger partial charge in [-0.2, -0.15) is 0 Å². The van der Waals surface area contributed by atoms with Crippen LogP contribution in [-0.4, -0.2) is 12.0 Å². The van der Waals surface area contributed by atoms with Gasteiger partial charge in [-0.15, -0.1) is 0 Å². The first kappa shape index (κ1) is 10.3. The average molecular weight is 243 g/mol. The van der Waals surface area contributed by atoms with Gasteiger partial charge in [0.2, 0.25) is 0 Å². The zero-order valence-electron chi connectivity index (χ0n) is 7.92. The summed E-state index contributed by atoms with van der Waals surface area (Å²) in [5.41, 5.74) is 0.846. The highest BCUT2D eigenvalue weighted by Gasteiger charge is 2.06. The third-order valence-electron chi connectivity index (χ3n) is 1.92. The van der Waals surface area contributed by atoms with Gasteiger partial charge in [0.1, 0.15) is 0 Å². The molecule has 0 radical (unpaired) electrons. The summed E-state index contributed by atoms with van der Waals surface area (Å²) in [6.07, 6.45) is 1.63. The van der Waals surface area contributed by atoms with Crippen molar-refractivity contribution in [2.75, 3.05) is 12.4 Å². The van der Waals surface area contributed by atoms with E-state index >= 15 is 0 Å². The van der Waals surface area contributed by atoms with Crippen LogP contribution < -0.4 is 5.32 Å². The van der Waals surface area contributed by atoms with Crippen molar-refractivity contribution in [3.05, 3.63) is 34.4 Å². The van der Waals surface area contributed by atoms with Gasteiger partial charge in [0, 0.05) is 12.6 Å². The average Bonchev–Trinajstić information content (AvgIpc) is 2.70. The number of hydrogen-bond donors (Lipinski definition) is 1. The van der Waals surface area contributed by atoms with E-state index in [-0.39, 0.29) is 0 Å². The smallest absolute Gasteiger partial charge is 0.294 e. The first-order chi connectivity index (χ1) is 7.20. The number of halogens is 2. The monoisotopic (exact) mass is 242 g/mol. The van der Waals surface area contributed by atoms with Crippen LogP contribution in [0.5, 0.6) is 0 Å². The summed E-state index contributed by atoms with van der Waals surface area (Å²) in [6, 6.07) is 5.76. The first-order valence-electron chi connectivity index (χ1n) is 4.29. The third kappa shape index (κ3) is 2.08. The molecule has 2 rings (SSSR count). The van der Waals surface area contributed by atoms with E-state index in [9.17, 15) is 0 Å². The van der Waals surface area contributed by atoms with Gasteiger partial charge < -0.3 is 9.73 Å². The highest BCUT2D eigenvalue weighted by molar-refractivity contribution is 6.42. The molecule has 1 aromatic heterocycles. The Labute approximate surface area is 97.0 Å². The van der Waals surface area contributed by atoms with Crippen molar-refractivity contribution in [2.45, 2.75) is 0 Å². The third-order valence-corrected chi connectivity index (χ3v) is 2.66. The number of anilines is 1. The number of hydrogen-bond acceptors (Lipinski definition) is 3. The molecule has 0 fully saturated rings. The van der Waals surface area contributed by atoms with E-state index in [4.69, 9.17) is 27.6 Å². The SMILES string of the molecule is CNc1ncc(-c2ccc(Cl)c(Cl)c2)o1. The summed E-state index contributed by atoms with van der Waals surface area (Å²) >= 11 is 11.7. The van der Waals surface area contributed by atoms with E-state index in [1.807, 2.05) is 6.07 Å². The van der Waals surface area contributed by atoms with Crippen molar-refractivity contribution >= 4 is 29.2 Å². The molecule has 0 spiro atoms. The van der Waals surface area contributed by atoms with Crippen LogP contribution in [0.1, 0.15) is 0 Å². The normalized spacial score (nSPS) is 10.3. The minimum Gasteiger partial charge on any atom is -0.424 e. The molecule has 0 saturated carbocycles. The first-order valence-corrected chi connectivity index (χ1v) is 5.05. The van der Waals surface area contributed by atoms with Crippen LogP contribution in [0.2, 0.25) is 10.0 Å². The Morgan fingerprint density at radius 3 is 2.67 bits per heavy atom. The number of rotatable bonds is 2. The Bertz CT molecular complexity index is 482. The zero-order valence-corrected chi connectivity index (χ0v) is 9.43. The summed E-state index contributed by atoms with van der Waals surface area (Å²) in [5, 5.41) is 3.83. The number of nitrogens with zero attached hydrogens (tertiary/aromatic N) is 1. The molecule has 0 atom stereocenters. The lowest BCUT2D eigenvalue weighted by Crippen LogP contribution is -1.85. The van der Waals surface area contributed by atoms with Crippen molar-refractivity contribution in [2.24, 2.45) is 0 Å². The molecule has 2 aromatic rings. The Morgan fingerprint density at radius 1 is 1.27 bits per heavy atom. The Morgan fingerprint density at radius 2 is 2.07 bits per heavy atom. The van der Waals surface area contributed by atoms with Gasteiger partial charge in [0.05, 0.1) is 16.2 Å². The fourth-order valence-electron chi connectivity index (χ4n) is 1.17. The molecule has 1 heterocycles. The number of nitrogens with one attached hydrogen (secondary N) is 1. The van der Waals surface area contributed by atoms with E-state index in [1.54, 1.807) is 25.4 Å². The van der Waals surface area contributed by atoms with Crippen LogP contribution in [-0.2, 0) is 0 Å². The van der Waals surface area contributed by atoms with E-state index in [0.717, 1.165) is 5.56 Å². The van der Waals surface area contributed by atoms with Gasteiger partial charge in [-0.25, -0.2) is 4.98 Å². The van der Waals surface area contributed by atoms with Gasteiger partial charge in [0.15, 0.2) is 5.76 Å². The molecule has 78 valence electrons. The van der Waals surface area contributed by atoms with Crippen LogP contribution in [0.3, 0.4) is 0 Å². The molecule has 0 aliphatic carbocycles. The van der Waals surface area contributed by atoms with Gasteiger partial charge >= 0.3 is 0 Å². The summed E-state index contributed by atoms with van der Waals surface area (Å²) in [4.78, 5) is 4.01. The second kappa shape index (κ2) is 4.13. The van der Waals surface area contributed by atoms with Gasteiger partial charge in [-0.1, -0.05) is 23.2 Å². The van der Waals surface area contributed by atoms with Crippen molar-refractivity contribution < 1.29 is 4.42 Å². The van der Waals surface area contributed by atoms with Gasteiger partial charge in [-0.3, -0.25) is 0 Å². The fraction of sp³-hybridized carbons (Fsp3) is 0.100. The lowest BCUT2D eigenvalue weighted by molar-refractivity contribution is 0.589. The zero-order chi connectivity index (χ0) is 10.8. The number of benzene rings is 1. The predicted octanol–water partition coefficient (Wildman–Crippen LogP) is 3.69. The molecular weight excluding hydrogens is 235 g/mol. The quantitative estimate of drug-likeness (QED) is 0.873. The Balaban J connectivity index is 2.40. The molecule has 0 amide bonds. The van der Waals surface area contributed by atoms with Crippen LogP contribution in [0.4, 0.5) is 6.01 Å². The summed E-state index contributed by atoms with van der Waals surface area (Å²) in [5.74, 6) is 0.651. The second-order valence-electron chi connectivity index (χ2n) is 2.91. The van der Waals surface area contributed by atoms with Crippen molar-refractivity contribution in [1.29, 1.82) is 0 Å². The molecule has 3 nitrogen and oxygen atoms in total. The lowest BCUT2D eigenvalue weighted by atomic mass is 10.2. The maximum atomic E-state index is 5.89. The summed E-state index contributed by atoms with van der Waals surface area (Å²) in [6.45, 7) is 0. The standard InChI is InChI=1S/C10H8Cl2N2O/c1-13-10-14-5-9(15-10)6-2-3-7(11)8(12)4-6/h2-5H,1H3,(H,13,14). The largest absolute Gasteiger partial charge is 0.424 e. The van der Waals surface area contributed by atoms with Crippen LogP contribution >= 0.6 is 23.2 Å². The molecule has 0 aliphatic rings. The van der Waals surface area contributed by atoms with Crippen molar-refractivity contribution in [3.63, 3.8) is 0 Å². The van der Waals surface area contributed by atoms with Crippen LogP contribution in [0.15, 0.2) is 28.8 Å². The highest BCUT2D eigenvalue weighted by Crippen LogP contribution is 2.29. The molecule has 0 unspecified atom stereocenters. The minimum absolute atomic E-state index is 0.469. The molecule has 0 aliphatic heterocycles. The Kier molecular flexibility index (Phi) is 2.84.